The highest BCUT2D eigenvalue weighted by Gasteiger charge is 2.35. The maximum atomic E-state index is 14.3. The van der Waals surface area contributed by atoms with Crippen molar-refractivity contribution in [3.8, 4) is 11.3 Å². The van der Waals surface area contributed by atoms with Crippen LogP contribution in [0.2, 0.25) is 5.02 Å². The minimum atomic E-state index is -0.790. The van der Waals surface area contributed by atoms with E-state index in [1.807, 2.05) is 54.6 Å². The van der Waals surface area contributed by atoms with Crippen molar-refractivity contribution in [3.63, 3.8) is 0 Å². The van der Waals surface area contributed by atoms with E-state index in [2.05, 4.69) is 13.8 Å². The van der Waals surface area contributed by atoms with Gasteiger partial charge in [0.1, 0.15) is 11.5 Å². The molecule has 0 spiro atoms. The summed E-state index contributed by atoms with van der Waals surface area (Å²) in [7, 11) is 0. The van der Waals surface area contributed by atoms with Crippen LogP contribution in [0.5, 0.6) is 0 Å². The zero-order chi connectivity index (χ0) is 34.8. The molecule has 0 N–H and O–H groups in total. The average Bonchev–Trinajstić information content (AvgIpc) is 3.68. The molecule has 0 aliphatic carbocycles. The summed E-state index contributed by atoms with van der Waals surface area (Å²) in [5.74, 6) is 0.0331. The zero-order valence-corrected chi connectivity index (χ0v) is 29.3. The molecule has 0 amide bonds. The molecule has 0 fully saturated rings. The molecule has 0 bridgehead atoms. The number of nitrogens with zero attached hydrogens (tertiary/aromatic N) is 2. The third-order valence-electron chi connectivity index (χ3n) is 8.00. The van der Waals surface area contributed by atoms with E-state index in [1.54, 1.807) is 61.7 Å². The fraction of sp³-hybridized carbons (Fsp3) is 0.231. The number of hydrogen-bond acceptors (Lipinski definition) is 8. The number of carbonyl (C=O) groups excluding carboxylic acids is 2. The van der Waals surface area contributed by atoms with Gasteiger partial charge in [-0.3, -0.25) is 9.36 Å². The van der Waals surface area contributed by atoms with Crippen LogP contribution in [0.3, 0.4) is 0 Å². The minimum Gasteiger partial charge on any atom is -0.463 e. The Morgan fingerprint density at radius 3 is 2.39 bits per heavy atom. The predicted octanol–water partition coefficient (Wildman–Crippen LogP) is 7.54. The van der Waals surface area contributed by atoms with Crippen molar-refractivity contribution in [1.29, 1.82) is 0 Å². The van der Waals surface area contributed by atoms with E-state index in [-0.39, 0.29) is 23.8 Å². The Bertz CT molecular complexity index is 2240. The van der Waals surface area contributed by atoms with Gasteiger partial charge in [0.25, 0.3) is 5.56 Å². The lowest BCUT2D eigenvalue weighted by Crippen LogP contribution is -2.40. The van der Waals surface area contributed by atoms with Crippen molar-refractivity contribution in [1.82, 2.24) is 4.57 Å². The Morgan fingerprint density at radius 1 is 0.980 bits per heavy atom. The van der Waals surface area contributed by atoms with Crippen LogP contribution in [-0.4, -0.2) is 29.2 Å². The number of fused-ring (bicyclic) bond motifs is 1. The topological polar surface area (TPSA) is 100 Å². The number of ether oxygens (including phenoxy) is 2. The lowest BCUT2D eigenvalue weighted by Gasteiger charge is -2.26. The van der Waals surface area contributed by atoms with Gasteiger partial charge < -0.3 is 13.9 Å². The maximum absolute atomic E-state index is 14.3. The summed E-state index contributed by atoms with van der Waals surface area (Å²) in [4.78, 5) is 46.2. The lowest BCUT2D eigenvalue weighted by atomic mass is 9.91. The van der Waals surface area contributed by atoms with Crippen LogP contribution >= 0.6 is 22.9 Å². The van der Waals surface area contributed by atoms with Crippen molar-refractivity contribution in [3.05, 3.63) is 143 Å². The summed E-state index contributed by atoms with van der Waals surface area (Å²) in [6.07, 6.45) is 1.33. The van der Waals surface area contributed by atoms with Gasteiger partial charge in [-0.15, -0.1) is 0 Å². The molecule has 5 aromatic rings. The summed E-state index contributed by atoms with van der Waals surface area (Å²) in [6.45, 7) is 9.69. The molecular weight excluding hydrogens is 660 g/mol. The number of aromatic nitrogens is 1. The van der Waals surface area contributed by atoms with Crippen molar-refractivity contribution >= 4 is 46.6 Å². The van der Waals surface area contributed by atoms with E-state index >= 15 is 0 Å². The summed E-state index contributed by atoms with van der Waals surface area (Å²) in [5, 5.41) is 0.426. The van der Waals surface area contributed by atoms with Crippen LogP contribution < -0.4 is 14.9 Å². The van der Waals surface area contributed by atoms with Gasteiger partial charge >= 0.3 is 11.9 Å². The fourth-order valence-corrected chi connectivity index (χ4v) is 6.85. The highest BCUT2D eigenvalue weighted by molar-refractivity contribution is 7.07. The quantitative estimate of drug-likeness (QED) is 0.148. The van der Waals surface area contributed by atoms with E-state index in [4.69, 9.17) is 30.5 Å². The first-order chi connectivity index (χ1) is 23.5. The number of esters is 2. The molecule has 3 aromatic carbocycles. The van der Waals surface area contributed by atoms with Crippen LogP contribution in [0.25, 0.3) is 23.1 Å². The van der Waals surface area contributed by atoms with E-state index in [0.717, 1.165) is 16.7 Å². The molecule has 1 aliphatic rings. The summed E-state index contributed by atoms with van der Waals surface area (Å²) in [5.41, 5.74) is 3.80. The van der Waals surface area contributed by atoms with Crippen molar-refractivity contribution < 1.29 is 23.5 Å². The molecule has 10 heteroatoms. The second-order valence-electron chi connectivity index (χ2n) is 12.1. The number of rotatable bonds is 9. The molecule has 0 saturated carbocycles. The van der Waals surface area contributed by atoms with Crippen LogP contribution in [-0.2, 0) is 14.3 Å². The highest BCUT2D eigenvalue weighted by atomic mass is 35.5. The Morgan fingerprint density at radius 2 is 1.71 bits per heavy atom. The maximum Gasteiger partial charge on any atom is 0.339 e. The third kappa shape index (κ3) is 6.95. The van der Waals surface area contributed by atoms with E-state index in [9.17, 15) is 14.4 Å². The second kappa shape index (κ2) is 14.2. The standard InChI is InChI=1S/C39H35ClN2O6S/c1-6-46-38(45)33-34(25-10-8-7-9-11-25)41-39-42(35(33)26-14-12-24(13-15-26)22(2)3)36(43)32(49-39)21-28-17-19-31(48-28)30-20-27(40)16-18-29(30)37(44)47-23(4)5/h7-23,35H,6H2,1-5H3/b32-21+/t35-/m0/s1. The lowest BCUT2D eigenvalue weighted by molar-refractivity contribution is -0.138. The smallest absolute Gasteiger partial charge is 0.339 e. The molecule has 8 nitrogen and oxygen atoms in total. The molecule has 3 heterocycles. The summed E-state index contributed by atoms with van der Waals surface area (Å²) < 4.78 is 19.1. The highest BCUT2D eigenvalue weighted by Crippen LogP contribution is 2.36. The molecule has 1 aliphatic heterocycles. The fourth-order valence-electron chi connectivity index (χ4n) is 5.70. The Kier molecular flexibility index (Phi) is 9.85. The van der Waals surface area contributed by atoms with Crippen molar-refractivity contribution in [2.75, 3.05) is 6.61 Å². The van der Waals surface area contributed by atoms with Gasteiger partial charge in [-0.25, -0.2) is 14.6 Å². The molecule has 49 heavy (non-hydrogen) atoms. The van der Waals surface area contributed by atoms with Crippen LogP contribution in [0.1, 0.15) is 79.4 Å². The van der Waals surface area contributed by atoms with E-state index < -0.39 is 18.0 Å². The first-order valence-electron chi connectivity index (χ1n) is 16.0. The molecule has 2 aromatic heterocycles. The number of furan rings is 1. The van der Waals surface area contributed by atoms with E-state index in [0.29, 0.717) is 48.6 Å². The van der Waals surface area contributed by atoms with Gasteiger partial charge in [-0.2, -0.15) is 0 Å². The van der Waals surface area contributed by atoms with Crippen LogP contribution in [0.15, 0.2) is 105 Å². The van der Waals surface area contributed by atoms with Crippen LogP contribution in [0.4, 0.5) is 0 Å². The largest absolute Gasteiger partial charge is 0.463 e. The van der Waals surface area contributed by atoms with Crippen molar-refractivity contribution in [2.24, 2.45) is 4.99 Å². The van der Waals surface area contributed by atoms with Crippen LogP contribution in [0, 0.1) is 0 Å². The Balaban J connectivity index is 1.52. The van der Waals surface area contributed by atoms with Crippen molar-refractivity contribution in [2.45, 2.75) is 52.7 Å². The monoisotopic (exact) mass is 694 g/mol. The Hall–Kier alpha value is -4.99. The molecule has 0 unspecified atom stereocenters. The molecule has 6 rings (SSSR count). The van der Waals surface area contributed by atoms with Gasteiger partial charge in [-0.1, -0.05) is 91.4 Å². The van der Waals surface area contributed by atoms with Gasteiger partial charge in [0.05, 0.1) is 40.1 Å². The number of hydrogen-bond donors (Lipinski definition) is 0. The molecule has 0 radical (unpaired) electrons. The molecule has 0 saturated heterocycles. The normalized spacial score (nSPS) is 14.6. The molecule has 250 valence electrons. The van der Waals surface area contributed by atoms with Gasteiger partial charge in [0.2, 0.25) is 0 Å². The summed E-state index contributed by atoms with van der Waals surface area (Å²) in [6, 6.07) is 24.9. The number of carbonyl (C=O) groups is 2. The van der Waals surface area contributed by atoms with Gasteiger partial charge in [-0.05, 0) is 68.1 Å². The predicted molar refractivity (Wildman–Crippen MR) is 191 cm³/mol. The van der Waals surface area contributed by atoms with Gasteiger partial charge in [0.15, 0.2) is 4.80 Å². The molecule has 1 atom stereocenters. The third-order valence-corrected chi connectivity index (χ3v) is 9.22. The molecular formula is C39H35ClN2O6S. The first kappa shape index (κ1) is 33.9. The SMILES string of the molecule is CCOC(=O)C1=C(c2ccccc2)N=c2s/c(=C/c3ccc(-c4cc(Cl)ccc4C(=O)OC(C)C)o3)c(=O)n2[C@H]1c1ccc(C(C)C)cc1. The first-order valence-corrected chi connectivity index (χ1v) is 17.2. The minimum absolute atomic E-state index is 0.165. The summed E-state index contributed by atoms with van der Waals surface area (Å²) >= 11 is 7.50. The number of benzene rings is 3. The zero-order valence-electron chi connectivity index (χ0n) is 27.7. The number of halogens is 1. The van der Waals surface area contributed by atoms with Gasteiger partial charge in [0, 0.05) is 22.2 Å². The number of thiazole rings is 1. The second-order valence-corrected chi connectivity index (χ2v) is 13.5. The average molecular weight is 695 g/mol. The van der Waals surface area contributed by atoms with E-state index in [1.165, 1.54) is 11.3 Å². The Labute approximate surface area is 292 Å².